The first-order valence-electron chi connectivity index (χ1n) is 4.35. The lowest BCUT2D eigenvalue weighted by Crippen LogP contribution is -2.16. The van der Waals surface area contributed by atoms with E-state index < -0.39 is 0 Å². The first-order valence-corrected chi connectivity index (χ1v) is 4.88. The van der Waals surface area contributed by atoms with Crippen molar-refractivity contribution in [2.45, 2.75) is 26.3 Å². The zero-order chi connectivity index (χ0) is 9.68. The predicted molar refractivity (Wildman–Crippen MR) is 55.2 cm³/mol. The highest BCUT2D eigenvalue weighted by molar-refractivity contribution is 6.17. The van der Waals surface area contributed by atoms with Gasteiger partial charge in [-0.15, -0.1) is 16.7 Å². The minimum Gasteiger partial charge on any atom is -0.366 e. The molecule has 3 nitrogen and oxygen atoms in total. The molecule has 0 aliphatic heterocycles. The molecule has 0 bridgehead atoms. The molecule has 1 heterocycles. The van der Waals surface area contributed by atoms with Crippen LogP contribution in [0.5, 0.6) is 0 Å². The normalized spacial score (nSPS) is 12.5. The van der Waals surface area contributed by atoms with Gasteiger partial charge in [0.2, 0.25) is 0 Å². The maximum absolute atomic E-state index is 5.61. The molecular formula is C9H14ClN3. The number of alkyl halides is 1. The van der Waals surface area contributed by atoms with E-state index in [4.69, 9.17) is 11.6 Å². The van der Waals surface area contributed by atoms with Crippen molar-refractivity contribution in [3.05, 3.63) is 17.8 Å². The molecule has 1 aromatic heterocycles. The highest BCUT2D eigenvalue weighted by Crippen LogP contribution is 2.05. The van der Waals surface area contributed by atoms with Crippen molar-refractivity contribution in [2.75, 3.05) is 11.2 Å². The van der Waals surface area contributed by atoms with Crippen molar-refractivity contribution < 1.29 is 0 Å². The Morgan fingerprint density at radius 3 is 2.77 bits per heavy atom. The van der Waals surface area contributed by atoms with Crippen LogP contribution in [-0.2, 0) is 0 Å². The third kappa shape index (κ3) is 3.59. The Hall–Kier alpha value is -0.830. The summed E-state index contributed by atoms with van der Waals surface area (Å²) >= 11 is 5.61. The molecule has 4 heteroatoms. The molecule has 0 aromatic carbocycles. The Balaban J connectivity index is 2.49. The van der Waals surface area contributed by atoms with Crippen molar-refractivity contribution >= 4 is 17.4 Å². The second kappa shape index (κ2) is 5.02. The van der Waals surface area contributed by atoms with E-state index in [0.29, 0.717) is 11.9 Å². The quantitative estimate of drug-likeness (QED) is 0.756. The topological polar surface area (TPSA) is 37.8 Å². The van der Waals surface area contributed by atoms with Gasteiger partial charge in [-0.05, 0) is 32.4 Å². The van der Waals surface area contributed by atoms with E-state index in [9.17, 15) is 0 Å². The summed E-state index contributed by atoms with van der Waals surface area (Å²) < 4.78 is 0. The second-order valence-electron chi connectivity index (χ2n) is 3.08. The van der Waals surface area contributed by atoms with Crippen LogP contribution in [0.3, 0.4) is 0 Å². The molecule has 0 radical (unpaired) electrons. The molecule has 72 valence electrons. The molecule has 1 atom stereocenters. The van der Waals surface area contributed by atoms with Crippen LogP contribution in [-0.4, -0.2) is 22.1 Å². The molecule has 1 aromatic rings. The number of hydrogen-bond donors (Lipinski definition) is 1. The maximum atomic E-state index is 5.61. The SMILES string of the molecule is Cc1ccc(NC(C)CCCl)nn1. The first kappa shape index (κ1) is 10.3. The van der Waals surface area contributed by atoms with Crippen molar-refractivity contribution in [1.29, 1.82) is 0 Å². The van der Waals surface area contributed by atoms with Crippen molar-refractivity contribution in [3.63, 3.8) is 0 Å². The van der Waals surface area contributed by atoms with Gasteiger partial charge in [0.05, 0.1) is 5.69 Å². The van der Waals surface area contributed by atoms with Gasteiger partial charge in [0.25, 0.3) is 0 Å². The molecule has 13 heavy (non-hydrogen) atoms. The summed E-state index contributed by atoms with van der Waals surface area (Å²) in [5, 5.41) is 11.2. The summed E-state index contributed by atoms with van der Waals surface area (Å²) in [6.45, 7) is 3.99. The Morgan fingerprint density at radius 1 is 1.46 bits per heavy atom. The average molecular weight is 200 g/mol. The van der Waals surface area contributed by atoms with Crippen LogP contribution in [0.15, 0.2) is 12.1 Å². The van der Waals surface area contributed by atoms with Gasteiger partial charge in [0.15, 0.2) is 0 Å². The van der Waals surface area contributed by atoms with Crippen molar-refractivity contribution in [2.24, 2.45) is 0 Å². The number of nitrogens with zero attached hydrogens (tertiary/aromatic N) is 2. The second-order valence-corrected chi connectivity index (χ2v) is 3.46. The summed E-state index contributed by atoms with van der Waals surface area (Å²) in [5.41, 5.74) is 0.926. The lowest BCUT2D eigenvalue weighted by Gasteiger charge is -2.11. The molecule has 1 rings (SSSR count). The van der Waals surface area contributed by atoms with E-state index >= 15 is 0 Å². The largest absolute Gasteiger partial charge is 0.366 e. The van der Waals surface area contributed by atoms with E-state index in [2.05, 4.69) is 22.4 Å². The van der Waals surface area contributed by atoms with Crippen LogP contribution < -0.4 is 5.32 Å². The molecule has 1 unspecified atom stereocenters. The minimum absolute atomic E-state index is 0.342. The minimum atomic E-state index is 0.342. The van der Waals surface area contributed by atoms with Gasteiger partial charge in [-0.1, -0.05) is 0 Å². The lowest BCUT2D eigenvalue weighted by molar-refractivity contribution is 0.758. The number of rotatable bonds is 4. The molecule has 0 saturated carbocycles. The van der Waals surface area contributed by atoms with E-state index in [-0.39, 0.29) is 0 Å². The Kier molecular flexibility index (Phi) is 3.96. The molecule has 0 aliphatic rings. The van der Waals surface area contributed by atoms with Gasteiger partial charge in [0, 0.05) is 11.9 Å². The zero-order valence-electron chi connectivity index (χ0n) is 7.92. The standard InChI is InChI=1S/C9H14ClN3/c1-7(5-6-10)11-9-4-3-8(2)12-13-9/h3-4,7H,5-6H2,1-2H3,(H,11,13). The summed E-state index contributed by atoms with van der Waals surface area (Å²) in [6.07, 6.45) is 0.928. The van der Waals surface area contributed by atoms with Crippen molar-refractivity contribution in [1.82, 2.24) is 10.2 Å². The number of hydrogen-bond acceptors (Lipinski definition) is 3. The summed E-state index contributed by atoms with van der Waals surface area (Å²) in [6, 6.07) is 4.20. The third-order valence-corrected chi connectivity index (χ3v) is 1.95. The maximum Gasteiger partial charge on any atom is 0.148 e. The van der Waals surface area contributed by atoms with Gasteiger partial charge < -0.3 is 5.32 Å². The Morgan fingerprint density at radius 2 is 2.23 bits per heavy atom. The number of nitrogens with one attached hydrogen (secondary N) is 1. The van der Waals surface area contributed by atoms with E-state index in [1.54, 1.807) is 0 Å². The van der Waals surface area contributed by atoms with E-state index in [0.717, 1.165) is 17.9 Å². The van der Waals surface area contributed by atoms with Gasteiger partial charge >= 0.3 is 0 Å². The number of halogens is 1. The number of aromatic nitrogens is 2. The molecule has 0 aliphatic carbocycles. The van der Waals surface area contributed by atoms with E-state index in [1.165, 1.54) is 0 Å². The molecule has 0 amide bonds. The summed E-state index contributed by atoms with van der Waals surface area (Å²) in [7, 11) is 0. The fourth-order valence-corrected chi connectivity index (χ4v) is 1.29. The van der Waals surface area contributed by atoms with Crippen LogP contribution in [0.25, 0.3) is 0 Å². The first-order chi connectivity index (χ1) is 6.22. The fraction of sp³-hybridized carbons (Fsp3) is 0.556. The van der Waals surface area contributed by atoms with Crippen LogP contribution in [0.2, 0.25) is 0 Å². The van der Waals surface area contributed by atoms with Crippen LogP contribution in [0, 0.1) is 6.92 Å². The highest BCUT2D eigenvalue weighted by Gasteiger charge is 2.01. The lowest BCUT2D eigenvalue weighted by atomic mass is 10.2. The van der Waals surface area contributed by atoms with E-state index in [1.807, 2.05) is 19.1 Å². The molecule has 0 fully saturated rings. The molecule has 0 saturated heterocycles. The van der Waals surface area contributed by atoms with Gasteiger partial charge in [0.1, 0.15) is 5.82 Å². The van der Waals surface area contributed by atoms with Crippen LogP contribution >= 0.6 is 11.6 Å². The van der Waals surface area contributed by atoms with Crippen molar-refractivity contribution in [3.8, 4) is 0 Å². The third-order valence-electron chi connectivity index (χ3n) is 1.73. The highest BCUT2D eigenvalue weighted by atomic mass is 35.5. The molecule has 0 spiro atoms. The van der Waals surface area contributed by atoms with Gasteiger partial charge in [-0.2, -0.15) is 5.10 Å². The smallest absolute Gasteiger partial charge is 0.148 e. The zero-order valence-corrected chi connectivity index (χ0v) is 8.67. The Labute approximate surface area is 83.5 Å². The number of anilines is 1. The van der Waals surface area contributed by atoms with Gasteiger partial charge in [-0.25, -0.2) is 0 Å². The van der Waals surface area contributed by atoms with Crippen LogP contribution in [0.1, 0.15) is 19.0 Å². The Bertz CT molecular complexity index is 248. The summed E-state index contributed by atoms with van der Waals surface area (Å²) in [5.74, 6) is 1.47. The number of aryl methyl sites for hydroxylation is 1. The predicted octanol–water partition coefficient (Wildman–Crippen LogP) is 2.21. The van der Waals surface area contributed by atoms with Gasteiger partial charge in [-0.3, -0.25) is 0 Å². The monoisotopic (exact) mass is 199 g/mol. The molecular weight excluding hydrogens is 186 g/mol. The average Bonchev–Trinajstić information content (AvgIpc) is 2.09. The fourth-order valence-electron chi connectivity index (χ4n) is 0.964. The van der Waals surface area contributed by atoms with Crippen LogP contribution in [0.4, 0.5) is 5.82 Å². The molecule has 1 N–H and O–H groups in total. The summed E-state index contributed by atoms with van der Waals surface area (Å²) in [4.78, 5) is 0.